The Hall–Kier alpha value is -2.00. The minimum atomic E-state index is -5.08. The van der Waals surface area contributed by atoms with Crippen LogP contribution in [0.15, 0.2) is 17.8 Å². The van der Waals surface area contributed by atoms with E-state index >= 15 is 0 Å². The maximum absolute atomic E-state index is 13.7. The Bertz CT molecular complexity index is 950. The zero-order chi connectivity index (χ0) is 20.2. The molecule has 0 aromatic carbocycles. The van der Waals surface area contributed by atoms with Gasteiger partial charge in [-0.3, -0.25) is 0 Å². The number of allylic oxidation sites excluding steroid dienone is 3. The minimum absolute atomic E-state index is 0.109. The van der Waals surface area contributed by atoms with Gasteiger partial charge >= 0.3 is 16.3 Å². The fourth-order valence-corrected chi connectivity index (χ4v) is 2.60. The summed E-state index contributed by atoms with van der Waals surface area (Å²) in [5, 5.41) is 2.07. The van der Waals surface area contributed by atoms with Gasteiger partial charge in [-0.1, -0.05) is 6.08 Å². The first kappa shape index (κ1) is 19.8. The van der Waals surface area contributed by atoms with E-state index in [0.29, 0.717) is 28.7 Å². The third-order valence-electron chi connectivity index (χ3n) is 3.40. The lowest BCUT2D eigenvalue weighted by molar-refractivity contribution is -0.145. The number of halogens is 9. The first-order chi connectivity index (χ1) is 12.3. The van der Waals surface area contributed by atoms with Crippen LogP contribution in [-0.4, -0.2) is 32.7 Å². The molecule has 2 aromatic heterocycles. The molecule has 0 unspecified atom stereocenters. The number of imidazole rings is 1. The molecule has 3 rings (SSSR count). The third-order valence-corrected chi connectivity index (χ3v) is 3.91. The average molecular weight is 511 g/mol. The van der Waals surface area contributed by atoms with Crippen LogP contribution in [0.2, 0.25) is 0 Å². The van der Waals surface area contributed by atoms with Gasteiger partial charge in [-0.25, -0.2) is 15.0 Å². The molecule has 0 spiro atoms. The van der Waals surface area contributed by atoms with Crippen molar-refractivity contribution in [1.82, 2.24) is 25.3 Å². The molecule has 2 N–H and O–H groups in total. The summed E-state index contributed by atoms with van der Waals surface area (Å²) in [4.78, 5) is 12.1. The number of H-pyrrole nitrogens is 1. The Morgan fingerprint density at radius 1 is 0.889 bits per heavy atom. The zero-order valence-corrected chi connectivity index (χ0v) is 14.8. The van der Waals surface area contributed by atoms with Gasteiger partial charge in [0.15, 0.2) is 11.3 Å². The lowest BCUT2D eigenvalue weighted by Gasteiger charge is -2.18. The Kier molecular flexibility index (Phi) is 4.59. The minimum Gasteiger partial charge on any atom is -0.377 e. The highest BCUT2D eigenvalue weighted by molar-refractivity contribution is 14.1. The largest absolute Gasteiger partial charge is 0.451 e. The predicted octanol–water partition coefficient (Wildman–Crippen LogP) is 4.29. The van der Waals surface area contributed by atoms with E-state index in [2.05, 4.69) is 25.3 Å². The molecule has 5 nitrogen and oxygen atoms in total. The van der Waals surface area contributed by atoms with Crippen molar-refractivity contribution in [2.45, 2.75) is 16.3 Å². The molecular formula is C13H6F8IN5. The predicted molar refractivity (Wildman–Crippen MR) is 84.7 cm³/mol. The van der Waals surface area contributed by atoms with Crippen molar-refractivity contribution in [1.29, 1.82) is 0 Å². The molecule has 1 aliphatic rings. The van der Waals surface area contributed by atoms with Gasteiger partial charge in [-0.15, -0.1) is 0 Å². The van der Waals surface area contributed by atoms with Crippen molar-refractivity contribution in [3.63, 3.8) is 0 Å². The van der Waals surface area contributed by atoms with Gasteiger partial charge in [0.2, 0.25) is 5.82 Å². The third kappa shape index (κ3) is 3.98. The summed E-state index contributed by atoms with van der Waals surface area (Å²) in [7, 11) is 0. The van der Waals surface area contributed by atoms with Crippen LogP contribution in [0.5, 0.6) is 0 Å². The fourth-order valence-electron chi connectivity index (χ4n) is 2.23. The molecule has 3 heterocycles. The van der Waals surface area contributed by atoms with E-state index in [0.717, 1.165) is 6.08 Å². The molecule has 0 atom stereocenters. The smallest absolute Gasteiger partial charge is 0.377 e. The highest BCUT2D eigenvalue weighted by atomic mass is 127. The number of nitrogens with one attached hydrogen (secondary N) is 2. The second kappa shape index (κ2) is 6.27. The number of hydrogen-bond donors (Lipinski definition) is 2. The van der Waals surface area contributed by atoms with Crippen molar-refractivity contribution in [3.05, 3.63) is 35.2 Å². The molecule has 1 aliphatic heterocycles. The summed E-state index contributed by atoms with van der Waals surface area (Å²) >= 11 is 0.604. The Balaban J connectivity index is 2.13. The normalized spacial score (nSPS) is 16.2. The Morgan fingerprint density at radius 3 is 2.04 bits per heavy atom. The molecule has 0 saturated carbocycles. The molecule has 0 saturated heterocycles. The summed E-state index contributed by atoms with van der Waals surface area (Å²) in [5.41, 5.74) is -3.38. The van der Waals surface area contributed by atoms with E-state index < -0.39 is 44.7 Å². The number of alkyl halides is 9. The highest BCUT2D eigenvalue weighted by Crippen LogP contribution is 2.39. The van der Waals surface area contributed by atoms with Crippen molar-refractivity contribution in [3.8, 4) is 0 Å². The van der Waals surface area contributed by atoms with Gasteiger partial charge in [0.05, 0.1) is 0 Å². The molecule has 0 bridgehead atoms. The molecule has 2 aromatic rings. The van der Waals surface area contributed by atoms with Crippen LogP contribution in [0.1, 0.15) is 17.3 Å². The van der Waals surface area contributed by atoms with Crippen LogP contribution in [0.4, 0.5) is 35.1 Å². The van der Waals surface area contributed by atoms with Crippen LogP contribution in [-0.2, 0) is 10.1 Å². The van der Waals surface area contributed by atoms with Crippen LogP contribution in [0, 0.1) is 0 Å². The summed E-state index contributed by atoms with van der Waals surface area (Å²) in [6.45, 7) is -0.374. The van der Waals surface area contributed by atoms with Crippen molar-refractivity contribution >= 4 is 39.3 Å². The molecular weight excluding hydrogens is 505 g/mol. The zero-order valence-electron chi connectivity index (χ0n) is 12.6. The Labute approximate surface area is 158 Å². The van der Waals surface area contributed by atoms with E-state index in [9.17, 15) is 35.1 Å². The summed E-state index contributed by atoms with van der Waals surface area (Å²) in [6.07, 6.45) is -7.96. The number of dihydropyridines is 1. The molecule has 146 valence electrons. The van der Waals surface area contributed by atoms with Gasteiger partial charge < -0.3 is 10.3 Å². The maximum Gasteiger partial charge on any atom is 0.451 e. The van der Waals surface area contributed by atoms with Crippen molar-refractivity contribution in [2.24, 2.45) is 0 Å². The molecule has 0 amide bonds. The SMILES string of the molecule is FC(F)(F)C1=CC=C(c2nc3c(C(F)(F)I)nc(C(F)(F)F)nc3[nH]2)CN1. The van der Waals surface area contributed by atoms with E-state index in [1.165, 1.54) is 0 Å². The monoisotopic (exact) mass is 511 g/mol. The molecule has 14 heteroatoms. The van der Waals surface area contributed by atoms with Gasteiger partial charge in [0.1, 0.15) is 17.0 Å². The number of nitrogens with zero attached hydrogens (tertiary/aromatic N) is 3. The first-order valence-electron chi connectivity index (χ1n) is 6.91. The second-order valence-electron chi connectivity index (χ2n) is 5.30. The lowest BCUT2D eigenvalue weighted by atomic mass is 10.1. The van der Waals surface area contributed by atoms with E-state index in [-0.39, 0.29) is 17.9 Å². The maximum atomic E-state index is 13.7. The first-order valence-corrected chi connectivity index (χ1v) is 7.99. The van der Waals surface area contributed by atoms with Gasteiger partial charge in [0, 0.05) is 34.7 Å². The van der Waals surface area contributed by atoms with Crippen LogP contribution in [0.25, 0.3) is 16.7 Å². The number of aromatic amines is 1. The second-order valence-corrected chi connectivity index (χ2v) is 6.65. The van der Waals surface area contributed by atoms with Crippen LogP contribution >= 0.6 is 22.6 Å². The van der Waals surface area contributed by atoms with E-state index in [4.69, 9.17) is 0 Å². The number of hydrogen-bond acceptors (Lipinski definition) is 4. The van der Waals surface area contributed by atoms with Crippen molar-refractivity contribution in [2.75, 3.05) is 6.54 Å². The fraction of sp³-hybridized carbons (Fsp3) is 0.308. The van der Waals surface area contributed by atoms with Gasteiger partial charge in [0.25, 0.3) is 0 Å². The number of rotatable bonds is 2. The summed E-state index contributed by atoms with van der Waals surface area (Å²) < 4.78 is 99.9. The molecule has 0 aliphatic carbocycles. The highest BCUT2D eigenvalue weighted by Gasteiger charge is 2.41. The lowest BCUT2D eigenvalue weighted by Crippen LogP contribution is -2.29. The van der Waals surface area contributed by atoms with Crippen molar-refractivity contribution < 1.29 is 35.1 Å². The van der Waals surface area contributed by atoms with Crippen LogP contribution < -0.4 is 5.32 Å². The Morgan fingerprint density at radius 2 is 1.56 bits per heavy atom. The molecule has 0 fully saturated rings. The quantitative estimate of drug-likeness (QED) is 0.359. The summed E-state index contributed by atoms with van der Waals surface area (Å²) in [6, 6.07) is 0. The van der Waals surface area contributed by atoms with Gasteiger partial charge in [-0.2, -0.15) is 35.1 Å². The standard InChI is InChI=1S/C13H6F8IN5/c14-11(15,16)5-2-1-4(3-23-5)8-24-6-7(13(20,21)22)25-10(12(17,18)19)27-9(6)26-8/h1-2,23H,3H2,(H,24,25,26,27). The topological polar surface area (TPSA) is 66.5 Å². The average Bonchev–Trinajstić information content (AvgIpc) is 2.95. The van der Waals surface area contributed by atoms with Gasteiger partial charge in [-0.05, 0) is 6.08 Å². The van der Waals surface area contributed by atoms with E-state index in [1.807, 2.05) is 0 Å². The van der Waals surface area contributed by atoms with E-state index in [1.54, 1.807) is 0 Å². The molecule has 0 radical (unpaired) electrons. The summed E-state index contributed by atoms with van der Waals surface area (Å²) in [5.74, 6) is -1.99. The number of fused-ring (bicyclic) bond motifs is 1. The van der Waals surface area contributed by atoms with Crippen LogP contribution in [0.3, 0.4) is 0 Å². The number of aromatic nitrogens is 4. The molecule has 27 heavy (non-hydrogen) atoms.